The molecule has 3 unspecified atom stereocenters. The number of carbonyl (C=O) groups excluding carboxylic acids is 2. The first-order valence-electron chi connectivity index (χ1n) is 4.13. The van der Waals surface area contributed by atoms with Crippen LogP contribution in [0.4, 0.5) is 0 Å². The van der Waals surface area contributed by atoms with Crippen molar-refractivity contribution in [2.45, 2.75) is 29.0 Å². The van der Waals surface area contributed by atoms with Crippen LogP contribution in [0.1, 0.15) is 19.3 Å². The summed E-state index contributed by atoms with van der Waals surface area (Å²) in [5.41, 5.74) is 0. The van der Waals surface area contributed by atoms with Crippen LogP contribution in [0.5, 0.6) is 0 Å². The molecular formula is C8H8BrClO3. The third-order valence-electron chi connectivity index (χ3n) is 2.66. The fourth-order valence-corrected chi connectivity index (χ4v) is 3.36. The molecule has 1 saturated carbocycles. The number of ether oxygens (including phenoxy) is 1. The molecule has 3 atom stereocenters. The Morgan fingerprint density at radius 2 is 2.15 bits per heavy atom. The van der Waals surface area contributed by atoms with E-state index < -0.39 is 16.3 Å². The molecule has 1 aliphatic heterocycles. The van der Waals surface area contributed by atoms with Gasteiger partial charge >= 0.3 is 11.9 Å². The highest BCUT2D eigenvalue weighted by Crippen LogP contribution is 2.47. The highest BCUT2D eigenvalue weighted by atomic mass is 79.9. The SMILES string of the molecule is O=C1OC(=O)C2(Br)CC(Cl)CCC12. The van der Waals surface area contributed by atoms with Crippen molar-refractivity contribution >= 4 is 39.5 Å². The van der Waals surface area contributed by atoms with E-state index in [-0.39, 0.29) is 11.3 Å². The monoisotopic (exact) mass is 266 g/mol. The van der Waals surface area contributed by atoms with Crippen molar-refractivity contribution in [2.75, 3.05) is 0 Å². The Morgan fingerprint density at radius 3 is 2.85 bits per heavy atom. The van der Waals surface area contributed by atoms with Gasteiger partial charge in [0, 0.05) is 5.38 Å². The normalized spacial score (nSPS) is 44.5. The molecule has 72 valence electrons. The molecule has 0 aromatic carbocycles. The van der Waals surface area contributed by atoms with Gasteiger partial charge in [0.2, 0.25) is 0 Å². The Balaban J connectivity index is 2.31. The van der Waals surface area contributed by atoms with Crippen molar-refractivity contribution in [3.63, 3.8) is 0 Å². The summed E-state index contributed by atoms with van der Waals surface area (Å²) < 4.78 is 3.74. The van der Waals surface area contributed by atoms with Crippen LogP contribution in [0, 0.1) is 5.92 Å². The summed E-state index contributed by atoms with van der Waals surface area (Å²) in [5.74, 6) is -1.23. The van der Waals surface area contributed by atoms with Gasteiger partial charge in [-0.3, -0.25) is 9.59 Å². The number of rotatable bonds is 0. The molecule has 13 heavy (non-hydrogen) atoms. The van der Waals surface area contributed by atoms with E-state index in [1.807, 2.05) is 0 Å². The predicted molar refractivity (Wildman–Crippen MR) is 49.7 cm³/mol. The van der Waals surface area contributed by atoms with Crippen molar-refractivity contribution in [1.82, 2.24) is 0 Å². The van der Waals surface area contributed by atoms with E-state index in [4.69, 9.17) is 11.6 Å². The first-order valence-corrected chi connectivity index (χ1v) is 5.36. The van der Waals surface area contributed by atoms with Gasteiger partial charge in [0.25, 0.3) is 0 Å². The van der Waals surface area contributed by atoms with Gasteiger partial charge in [0.05, 0.1) is 5.92 Å². The maximum Gasteiger partial charge on any atom is 0.331 e. The standard InChI is InChI=1S/C8H8BrClO3/c9-8-3-4(10)1-2-5(8)6(11)13-7(8)12/h4-5H,1-3H2. The van der Waals surface area contributed by atoms with Crippen LogP contribution in [-0.4, -0.2) is 21.6 Å². The largest absolute Gasteiger partial charge is 0.392 e. The van der Waals surface area contributed by atoms with E-state index in [0.717, 1.165) is 6.42 Å². The Labute approximate surface area is 88.9 Å². The predicted octanol–water partition coefficient (Wildman–Crippen LogP) is 1.61. The molecule has 1 saturated heterocycles. The van der Waals surface area contributed by atoms with Crippen molar-refractivity contribution in [2.24, 2.45) is 5.92 Å². The Hall–Kier alpha value is -0.0900. The quantitative estimate of drug-likeness (QED) is 0.380. The molecule has 1 aliphatic carbocycles. The van der Waals surface area contributed by atoms with Gasteiger partial charge in [-0.2, -0.15) is 0 Å². The van der Waals surface area contributed by atoms with Gasteiger partial charge in [-0.05, 0) is 19.3 Å². The summed E-state index contributed by atoms with van der Waals surface area (Å²) in [6.45, 7) is 0. The molecule has 0 radical (unpaired) electrons. The Bertz CT molecular complexity index is 281. The smallest absolute Gasteiger partial charge is 0.331 e. The molecule has 0 amide bonds. The number of hydrogen-bond acceptors (Lipinski definition) is 3. The molecule has 0 N–H and O–H groups in total. The first-order chi connectivity index (χ1) is 6.04. The summed E-state index contributed by atoms with van der Waals surface area (Å²) in [7, 11) is 0. The fourth-order valence-electron chi connectivity index (χ4n) is 1.92. The van der Waals surface area contributed by atoms with E-state index >= 15 is 0 Å². The molecular weight excluding hydrogens is 259 g/mol. The van der Waals surface area contributed by atoms with Gasteiger partial charge in [-0.1, -0.05) is 15.9 Å². The average molecular weight is 268 g/mol. The molecule has 2 aliphatic rings. The molecule has 1 heterocycles. The van der Waals surface area contributed by atoms with Gasteiger partial charge in [-0.25, -0.2) is 0 Å². The second-order valence-electron chi connectivity index (χ2n) is 3.50. The lowest BCUT2D eigenvalue weighted by Gasteiger charge is -2.30. The van der Waals surface area contributed by atoms with Gasteiger partial charge in [0.15, 0.2) is 0 Å². The molecule has 0 aromatic heterocycles. The fraction of sp³-hybridized carbons (Fsp3) is 0.750. The van der Waals surface area contributed by atoms with Crippen LogP contribution in [0.2, 0.25) is 0 Å². The topological polar surface area (TPSA) is 43.4 Å². The lowest BCUT2D eigenvalue weighted by molar-refractivity contribution is -0.153. The van der Waals surface area contributed by atoms with Crippen molar-refractivity contribution in [3.05, 3.63) is 0 Å². The summed E-state index contributed by atoms with van der Waals surface area (Å²) in [6, 6.07) is 0. The zero-order valence-corrected chi connectivity index (χ0v) is 9.10. The summed E-state index contributed by atoms with van der Waals surface area (Å²) in [5, 5.41) is -0.0472. The van der Waals surface area contributed by atoms with Crippen LogP contribution < -0.4 is 0 Å². The number of carbonyl (C=O) groups is 2. The number of cyclic esters (lactones) is 2. The lowest BCUT2D eigenvalue weighted by atomic mass is 9.80. The number of fused-ring (bicyclic) bond motifs is 1. The van der Waals surface area contributed by atoms with Gasteiger partial charge in [0.1, 0.15) is 4.32 Å². The minimum Gasteiger partial charge on any atom is -0.392 e. The zero-order chi connectivity index (χ0) is 9.64. The van der Waals surface area contributed by atoms with Crippen LogP contribution in [0.3, 0.4) is 0 Å². The second kappa shape index (κ2) is 2.95. The Morgan fingerprint density at radius 1 is 1.46 bits per heavy atom. The number of alkyl halides is 2. The molecule has 5 heteroatoms. The van der Waals surface area contributed by atoms with Crippen LogP contribution in [0.25, 0.3) is 0 Å². The highest BCUT2D eigenvalue weighted by Gasteiger charge is 2.58. The third kappa shape index (κ3) is 1.31. The molecule has 0 bridgehead atoms. The van der Waals surface area contributed by atoms with Crippen LogP contribution in [-0.2, 0) is 14.3 Å². The first kappa shape index (κ1) is 9.46. The maximum absolute atomic E-state index is 11.3. The summed E-state index contributed by atoms with van der Waals surface area (Å²) in [6.07, 6.45) is 1.87. The molecule has 0 spiro atoms. The maximum atomic E-state index is 11.3. The lowest BCUT2D eigenvalue weighted by Crippen LogP contribution is -2.41. The number of halogens is 2. The van der Waals surface area contributed by atoms with E-state index in [2.05, 4.69) is 20.7 Å². The van der Waals surface area contributed by atoms with Crippen LogP contribution in [0.15, 0.2) is 0 Å². The van der Waals surface area contributed by atoms with Gasteiger partial charge < -0.3 is 4.74 Å². The second-order valence-corrected chi connectivity index (χ2v) is 5.53. The highest BCUT2D eigenvalue weighted by molar-refractivity contribution is 9.10. The number of hydrogen-bond donors (Lipinski definition) is 0. The molecule has 2 rings (SSSR count). The van der Waals surface area contributed by atoms with Crippen molar-refractivity contribution in [1.29, 1.82) is 0 Å². The average Bonchev–Trinajstić information content (AvgIpc) is 2.23. The Kier molecular flexibility index (Phi) is 2.15. The molecule has 2 fully saturated rings. The minimum absolute atomic E-state index is 0.0472. The van der Waals surface area contributed by atoms with E-state index in [1.54, 1.807) is 0 Å². The van der Waals surface area contributed by atoms with Crippen molar-refractivity contribution in [3.8, 4) is 0 Å². The third-order valence-corrected chi connectivity index (χ3v) is 4.23. The zero-order valence-electron chi connectivity index (χ0n) is 6.76. The summed E-state index contributed by atoms with van der Waals surface area (Å²) >= 11 is 9.23. The van der Waals surface area contributed by atoms with E-state index in [1.165, 1.54) is 0 Å². The van der Waals surface area contributed by atoms with E-state index in [9.17, 15) is 9.59 Å². The van der Waals surface area contributed by atoms with Crippen LogP contribution >= 0.6 is 27.5 Å². The van der Waals surface area contributed by atoms with Gasteiger partial charge in [-0.15, -0.1) is 11.6 Å². The molecule has 3 nitrogen and oxygen atoms in total. The van der Waals surface area contributed by atoms with Crippen molar-refractivity contribution < 1.29 is 14.3 Å². The molecule has 0 aromatic rings. The summed E-state index contributed by atoms with van der Waals surface area (Å²) in [4.78, 5) is 22.6. The minimum atomic E-state index is -0.839. The number of esters is 2. The van der Waals surface area contributed by atoms with E-state index in [0.29, 0.717) is 12.8 Å².